The lowest BCUT2D eigenvalue weighted by molar-refractivity contribution is 0.0115. The topological polar surface area (TPSA) is 56.6 Å². The van der Waals surface area contributed by atoms with E-state index < -0.39 is 0 Å². The van der Waals surface area contributed by atoms with Crippen molar-refractivity contribution in [2.75, 3.05) is 44.3 Å². The van der Waals surface area contributed by atoms with Gasteiger partial charge in [-0.3, -0.25) is 9.69 Å². The van der Waals surface area contributed by atoms with Gasteiger partial charge in [0.05, 0.1) is 30.5 Å². The summed E-state index contributed by atoms with van der Waals surface area (Å²) in [6, 6.07) is 12.9. The molecule has 180 valence electrons. The van der Waals surface area contributed by atoms with Gasteiger partial charge in [-0.2, -0.15) is 5.26 Å². The van der Waals surface area contributed by atoms with Crippen LogP contribution >= 0.6 is 15.9 Å². The molecule has 5 nitrogen and oxygen atoms in total. The number of halogens is 1. The fraction of sp³-hybridized carbons (Fsp3) is 0.448. The molecular formula is C29H30BrN3O2. The molecule has 0 radical (unpaired) electrons. The number of morpholine rings is 1. The van der Waals surface area contributed by atoms with E-state index in [0.29, 0.717) is 11.6 Å². The lowest BCUT2D eigenvalue weighted by atomic mass is 9.68. The number of benzene rings is 2. The molecule has 0 spiro atoms. The zero-order valence-corrected chi connectivity index (χ0v) is 22.0. The van der Waals surface area contributed by atoms with Gasteiger partial charge >= 0.3 is 0 Å². The largest absolute Gasteiger partial charge is 0.379 e. The van der Waals surface area contributed by atoms with Crippen LogP contribution in [0.15, 0.2) is 40.4 Å². The van der Waals surface area contributed by atoms with Crippen LogP contribution in [0.25, 0.3) is 5.57 Å². The number of hydrogen-bond donors (Lipinski definition) is 0. The highest BCUT2D eigenvalue weighted by molar-refractivity contribution is 9.10. The van der Waals surface area contributed by atoms with Gasteiger partial charge in [0, 0.05) is 53.2 Å². The highest BCUT2D eigenvalue weighted by atomic mass is 79.9. The number of anilines is 1. The first-order valence-corrected chi connectivity index (χ1v) is 13.4. The monoisotopic (exact) mass is 531 g/mol. The number of ketones is 1. The zero-order chi connectivity index (χ0) is 24.3. The van der Waals surface area contributed by atoms with E-state index in [0.717, 1.165) is 91.0 Å². The van der Waals surface area contributed by atoms with E-state index in [2.05, 4.69) is 51.7 Å². The molecule has 2 saturated heterocycles. The summed E-state index contributed by atoms with van der Waals surface area (Å²) in [5.74, 6) is 0.107. The first-order valence-electron chi connectivity index (χ1n) is 12.6. The molecule has 6 rings (SSSR count). The predicted molar refractivity (Wildman–Crippen MR) is 141 cm³/mol. The second-order valence-corrected chi connectivity index (χ2v) is 11.5. The Morgan fingerprint density at radius 1 is 1.06 bits per heavy atom. The van der Waals surface area contributed by atoms with Gasteiger partial charge in [-0.05, 0) is 81.7 Å². The van der Waals surface area contributed by atoms with Crippen molar-refractivity contribution in [3.63, 3.8) is 0 Å². The van der Waals surface area contributed by atoms with Gasteiger partial charge in [-0.25, -0.2) is 0 Å². The maximum atomic E-state index is 13.8. The smallest absolute Gasteiger partial charge is 0.193 e. The third kappa shape index (κ3) is 3.67. The standard InChI is InChI=1S/C29H30BrN3O2/c1-29(2)23-16-26(33-7-5-20(6-8-33)32-9-11-35-12-10-32)25(30)15-22(23)28(34)27-21-4-3-18(17-31)13-19(21)14-24(27)29/h3-4,13,15-16,20H,5-12,14H2,1-2H3. The Hall–Kier alpha value is -2.46. The van der Waals surface area contributed by atoms with Gasteiger partial charge in [-0.1, -0.05) is 19.9 Å². The molecule has 0 N–H and O–H groups in total. The Morgan fingerprint density at radius 3 is 2.51 bits per heavy atom. The van der Waals surface area contributed by atoms with Gasteiger partial charge in [-0.15, -0.1) is 0 Å². The molecule has 0 unspecified atom stereocenters. The summed E-state index contributed by atoms with van der Waals surface area (Å²) in [4.78, 5) is 18.9. The van der Waals surface area contributed by atoms with E-state index in [-0.39, 0.29) is 11.2 Å². The normalized spacial score (nSPS) is 22.0. The van der Waals surface area contributed by atoms with Crippen molar-refractivity contribution in [2.45, 2.75) is 44.6 Å². The van der Waals surface area contributed by atoms with Crippen LogP contribution in [0.5, 0.6) is 0 Å². The van der Waals surface area contributed by atoms with E-state index in [1.54, 1.807) is 0 Å². The van der Waals surface area contributed by atoms with Crippen LogP contribution in [0.3, 0.4) is 0 Å². The van der Waals surface area contributed by atoms with Crippen molar-refractivity contribution in [1.29, 1.82) is 5.26 Å². The van der Waals surface area contributed by atoms with Crippen LogP contribution in [0.1, 0.15) is 59.3 Å². The van der Waals surface area contributed by atoms with E-state index >= 15 is 0 Å². The zero-order valence-electron chi connectivity index (χ0n) is 20.4. The Morgan fingerprint density at radius 2 is 1.80 bits per heavy atom. The minimum atomic E-state index is -0.258. The van der Waals surface area contributed by atoms with Gasteiger partial charge in [0.25, 0.3) is 0 Å². The van der Waals surface area contributed by atoms with Crippen LogP contribution in [-0.2, 0) is 16.6 Å². The second kappa shape index (κ2) is 8.58. The molecule has 0 aromatic heterocycles. The quantitative estimate of drug-likeness (QED) is 0.539. The Bertz CT molecular complexity index is 1290. The summed E-state index contributed by atoms with van der Waals surface area (Å²) in [5, 5.41) is 9.35. The number of allylic oxidation sites excluding steroid dienone is 2. The summed E-state index contributed by atoms with van der Waals surface area (Å²) in [7, 11) is 0. The average molecular weight is 532 g/mol. The van der Waals surface area contributed by atoms with Crippen LogP contribution in [0, 0.1) is 11.3 Å². The van der Waals surface area contributed by atoms with Crippen LogP contribution in [0.2, 0.25) is 0 Å². The molecule has 2 aromatic carbocycles. The molecule has 2 heterocycles. The number of carbonyl (C=O) groups excluding carboxylic acids is 1. The Labute approximate surface area is 215 Å². The number of Topliss-reactive ketones (excluding diaryl/α,β-unsaturated/α-hetero) is 1. The molecule has 0 amide bonds. The lowest BCUT2D eigenvalue weighted by Gasteiger charge is -2.42. The fourth-order valence-corrected chi connectivity index (χ4v) is 7.10. The highest BCUT2D eigenvalue weighted by Crippen LogP contribution is 2.51. The number of nitriles is 1. The number of nitrogens with zero attached hydrogens (tertiary/aromatic N) is 3. The molecular weight excluding hydrogens is 502 g/mol. The van der Waals surface area contributed by atoms with Crippen molar-refractivity contribution >= 4 is 33.0 Å². The van der Waals surface area contributed by atoms with Crippen molar-refractivity contribution in [3.05, 3.63) is 68.2 Å². The molecule has 2 aromatic rings. The van der Waals surface area contributed by atoms with E-state index in [1.807, 2.05) is 24.3 Å². The minimum absolute atomic E-state index is 0.107. The highest BCUT2D eigenvalue weighted by Gasteiger charge is 2.43. The van der Waals surface area contributed by atoms with Gasteiger partial charge < -0.3 is 9.64 Å². The predicted octanol–water partition coefficient (Wildman–Crippen LogP) is 5.11. The van der Waals surface area contributed by atoms with Gasteiger partial charge in [0.1, 0.15) is 0 Å². The molecule has 0 bridgehead atoms. The third-order valence-electron chi connectivity index (χ3n) is 8.53. The number of piperidine rings is 1. The number of hydrogen-bond acceptors (Lipinski definition) is 5. The van der Waals surface area contributed by atoms with Crippen molar-refractivity contribution in [1.82, 2.24) is 4.90 Å². The average Bonchev–Trinajstić information content (AvgIpc) is 3.28. The first-order chi connectivity index (χ1) is 16.9. The van der Waals surface area contributed by atoms with E-state index in [9.17, 15) is 10.1 Å². The summed E-state index contributed by atoms with van der Waals surface area (Å²) in [5.41, 5.74) is 7.60. The first kappa shape index (κ1) is 23.0. The lowest BCUT2D eigenvalue weighted by Crippen LogP contribution is -2.49. The summed E-state index contributed by atoms with van der Waals surface area (Å²) >= 11 is 3.82. The molecule has 2 aliphatic carbocycles. The fourth-order valence-electron chi connectivity index (χ4n) is 6.51. The van der Waals surface area contributed by atoms with E-state index in [1.165, 1.54) is 11.3 Å². The van der Waals surface area contributed by atoms with Crippen molar-refractivity contribution < 1.29 is 9.53 Å². The molecule has 6 heteroatoms. The number of carbonyl (C=O) groups is 1. The molecule has 0 atom stereocenters. The van der Waals surface area contributed by atoms with Crippen LogP contribution in [-0.4, -0.2) is 56.1 Å². The maximum Gasteiger partial charge on any atom is 0.193 e. The molecule has 4 aliphatic rings. The van der Waals surface area contributed by atoms with Crippen molar-refractivity contribution in [2.24, 2.45) is 0 Å². The van der Waals surface area contributed by atoms with Gasteiger partial charge in [0.15, 0.2) is 5.78 Å². The number of ether oxygens (including phenoxy) is 1. The molecule has 2 aliphatic heterocycles. The second-order valence-electron chi connectivity index (χ2n) is 10.7. The Balaban J connectivity index is 1.31. The Kier molecular flexibility index (Phi) is 5.63. The van der Waals surface area contributed by atoms with Crippen LogP contribution < -0.4 is 4.90 Å². The van der Waals surface area contributed by atoms with Crippen molar-refractivity contribution in [3.8, 4) is 6.07 Å². The third-order valence-corrected chi connectivity index (χ3v) is 9.16. The number of fused-ring (bicyclic) bond motifs is 3. The minimum Gasteiger partial charge on any atom is -0.379 e. The van der Waals surface area contributed by atoms with Crippen LogP contribution in [0.4, 0.5) is 5.69 Å². The SMILES string of the molecule is CC1(C)C2=C(C(=O)c3cc(Br)c(N4CCC(N5CCOCC5)CC4)cc31)c1ccc(C#N)cc1C2. The summed E-state index contributed by atoms with van der Waals surface area (Å²) in [6.45, 7) is 10.3. The van der Waals surface area contributed by atoms with Gasteiger partial charge in [0.2, 0.25) is 0 Å². The molecule has 2 fully saturated rings. The molecule has 35 heavy (non-hydrogen) atoms. The summed E-state index contributed by atoms with van der Waals surface area (Å²) in [6.07, 6.45) is 3.03. The summed E-state index contributed by atoms with van der Waals surface area (Å²) < 4.78 is 6.53. The molecule has 0 saturated carbocycles. The van der Waals surface area contributed by atoms with E-state index in [4.69, 9.17) is 4.74 Å². The number of rotatable bonds is 2. The maximum absolute atomic E-state index is 13.8.